The molecule has 0 radical (unpaired) electrons. The molecule has 9 nitrogen and oxygen atoms in total. The first-order chi connectivity index (χ1) is 16.0. The fraction of sp³-hybridized carbons (Fsp3) is 0.167. The van der Waals surface area contributed by atoms with Crippen molar-refractivity contribution in [2.24, 2.45) is 0 Å². The van der Waals surface area contributed by atoms with Gasteiger partial charge in [0.2, 0.25) is 0 Å². The third-order valence-corrected chi connectivity index (χ3v) is 5.28. The number of rotatable bonds is 5. The molecule has 0 amide bonds. The highest BCUT2D eigenvalue weighted by Crippen LogP contribution is 2.29. The molecule has 1 unspecified atom stereocenters. The average molecular weight is 438 g/mol. The van der Waals surface area contributed by atoms with Crippen LogP contribution in [0.2, 0.25) is 0 Å². The Kier molecular flexibility index (Phi) is 5.23. The Morgan fingerprint density at radius 2 is 1.82 bits per heavy atom. The lowest BCUT2D eigenvalue weighted by molar-refractivity contribution is 0.199. The molecule has 0 aliphatic heterocycles. The molecule has 164 valence electrons. The number of aryl methyl sites for hydroxylation is 2. The highest BCUT2D eigenvalue weighted by molar-refractivity contribution is 5.82. The Balaban J connectivity index is 1.53. The maximum absolute atomic E-state index is 10.3. The zero-order valence-corrected chi connectivity index (χ0v) is 18.4. The summed E-state index contributed by atoms with van der Waals surface area (Å²) in [6, 6.07) is 15.4. The number of aliphatic hydroxyl groups is 1. The minimum atomic E-state index is -0.673. The van der Waals surface area contributed by atoms with Gasteiger partial charge in [0.05, 0.1) is 40.4 Å². The highest BCUT2D eigenvalue weighted by Gasteiger charge is 2.15. The van der Waals surface area contributed by atoms with Crippen LogP contribution in [0.1, 0.15) is 30.0 Å². The highest BCUT2D eigenvalue weighted by atomic mass is 16.3. The van der Waals surface area contributed by atoms with Gasteiger partial charge in [-0.15, -0.1) is 5.10 Å². The van der Waals surface area contributed by atoms with Crippen LogP contribution in [0.15, 0.2) is 61.1 Å². The molecule has 0 spiro atoms. The third kappa shape index (κ3) is 4.13. The summed E-state index contributed by atoms with van der Waals surface area (Å²) in [4.78, 5) is 9.42. The first kappa shape index (κ1) is 20.7. The molecule has 1 aromatic carbocycles. The van der Waals surface area contributed by atoms with E-state index in [0.29, 0.717) is 17.3 Å². The van der Waals surface area contributed by atoms with Gasteiger partial charge in [0, 0.05) is 16.8 Å². The average Bonchev–Trinajstić information content (AvgIpc) is 3.23. The molecule has 0 bridgehead atoms. The Bertz CT molecular complexity index is 1440. The Morgan fingerprint density at radius 1 is 0.939 bits per heavy atom. The molecule has 1 atom stereocenters. The smallest absolute Gasteiger partial charge is 0.153 e. The van der Waals surface area contributed by atoms with Crippen molar-refractivity contribution < 1.29 is 5.11 Å². The molecule has 0 saturated heterocycles. The number of hydrogen-bond acceptors (Lipinski definition) is 8. The Hall–Kier alpha value is -4.24. The van der Waals surface area contributed by atoms with Crippen molar-refractivity contribution in [2.75, 3.05) is 5.32 Å². The van der Waals surface area contributed by atoms with Crippen molar-refractivity contribution in [3.05, 3.63) is 78.0 Å². The molecular weight excluding hydrogens is 416 g/mol. The minimum absolute atomic E-state index is 0.665. The zero-order valence-electron chi connectivity index (χ0n) is 18.4. The van der Waals surface area contributed by atoms with Gasteiger partial charge in [-0.3, -0.25) is 4.57 Å². The fourth-order valence-electron chi connectivity index (χ4n) is 3.65. The molecule has 2 N–H and O–H groups in total. The van der Waals surface area contributed by atoms with Gasteiger partial charge in [-0.2, -0.15) is 15.3 Å². The summed E-state index contributed by atoms with van der Waals surface area (Å²) in [6.07, 6.45) is 2.72. The van der Waals surface area contributed by atoms with Crippen molar-refractivity contribution in [3.63, 3.8) is 0 Å². The molecule has 0 fully saturated rings. The van der Waals surface area contributed by atoms with Crippen LogP contribution in [0, 0.1) is 13.8 Å². The molecule has 5 rings (SSSR count). The second-order valence-corrected chi connectivity index (χ2v) is 7.87. The van der Waals surface area contributed by atoms with Gasteiger partial charge in [-0.05, 0) is 63.2 Å². The second kappa shape index (κ2) is 8.36. The van der Waals surface area contributed by atoms with Crippen molar-refractivity contribution in [2.45, 2.75) is 26.9 Å². The van der Waals surface area contributed by atoms with Gasteiger partial charge in [-0.1, -0.05) is 6.07 Å². The Labute approximate surface area is 190 Å². The summed E-state index contributed by atoms with van der Waals surface area (Å²) >= 11 is 0. The number of aliphatic hydroxyl groups excluding tert-OH is 1. The fourth-order valence-corrected chi connectivity index (χ4v) is 3.65. The number of benzene rings is 1. The van der Waals surface area contributed by atoms with Gasteiger partial charge in [-0.25, -0.2) is 9.97 Å². The van der Waals surface area contributed by atoms with E-state index in [1.54, 1.807) is 19.4 Å². The van der Waals surface area contributed by atoms with Crippen LogP contribution in [0.4, 0.5) is 11.5 Å². The lowest BCUT2D eigenvalue weighted by Gasteiger charge is -2.14. The predicted molar refractivity (Wildman–Crippen MR) is 125 cm³/mol. The molecular formula is C24H22N8O. The molecule has 5 aromatic rings. The first-order valence-electron chi connectivity index (χ1n) is 10.5. The van der Waals surface area contributed by atoms with Gasteiger partial charge < -0.3 is 10.4 Å². The molecule has 0 saturated carbocycles. The first-order valence-corrected chi connectivity index (χ1v) is 10.5. The van der Waals surface area contributed by atoms with Gasteiger partial charge >= 0.3 is 0 Å². The monoisotopic (exact) mass is 438 g/mol. The number of hydrogen-bond donors (Lipinski definition) is 2. The van der Waals surface area contributed by atoms with Crippen LogP contribution in [0.3, 0.4) is 0 Å². The van der Waals surface area contributed by atoms with E-state index in [-0.39, 0.29) is 0 Å². The van der Waals surface area contributed by atoms with E-state index in [1.807, 2.05) is 66.9 Å². The third-order valence-electron chi connectivity index (χ3n) is 5.28. The Morgan fingerprint density at radius 3 is 2.58 bits per heavy atom. The number of anilines is 2. The summed E-state index contributed by atoms with van der Waals surface area (Å²) < 4.78 is 1.92. The van der Waals surface area contributed by atoms with E-state index >= 15 is 0 Å². The van der Waals surface area contributed by atoms with E-state index in [9.17, 15) is 5.11 Å². The van der Waals surface area contributed by atoms with Crippen molar-refractivity contribution in [3.8, 4) is 17.1 Å². The largest absolute Gasteiger partial charge is 0.389 e. The van der Waals surface area contributed by atoms with Crippen LogP contribution >= 0.6 is 0 Å². The van der Waals surface area contributed by atoms with E-state index in [2.05, 4.69) is 30.7 Å². The van der Waals surface area contributed by atoms with Gasteiger partial charge in [0.25, 0.3) is 0 Å². The lowest BCUT2D eigenvalue weighted by atomic mass is 10.0. The van der Waals surface area contributed by atoms with E-state index in [1.165, 1.54) is 0 Å². The number of nitrogens with one attached hydrogen (secondary N) is 1. The summed E-state index contributed by atoms with van der Waals surface area (Å²) in [6.45, 7) is 5.50. The number of pyridine rings is 1. The normalized spacial score (nSPS) is 12.1. The molecule has 0 aliphatic rings. The van der Waals surface area contributed by atoms with Crippen LogP contribution in [0.25, 0.3) is 28.1 Å². The van der Waals surface area contributed by atoms with Crippen molar-refractivity contribution in [1.29, 1.82) is 0 Å². The van der Waals surface area contributed by atoms with Crippen LogP contribution in [0.5, 0.6) is 0 Å². The number of imidazole rings is 1. The van der Waals surface area contributed by atoms with Crippen LogP contribution in [-0.4, -0.2) is 40.0 Å². The topological polar surface area (TPSA) is 115 Å². The summed E-state index contributed by atoms with van der Waals surface area (Å²) in [5.41, 5.74) is 6.41. The summed E-state index contributed by atoms with van der Waals surface area (Å²) in [5.74, 6) is 1.36. The molecule has 9 heteroatoms. The lowest BCUT2D eigenvalue weighted by Crippen LogP contribution is -2.04. The van der Waals surface area contributed by atoms with Gasteiger partial charge in [0.1, 0.15) is 12.1 Å². The molecule has 33 heavy (non-hydrogen) atoms. The summed E-state index contributed by atoms with van der Waals surface area (Å²) in [5, 5.41) is 29.8. The van der Waals surface area contributed by atoms with E-state index < -0.39 is 6.10 Å². The maximum Gasteiger partial charge on any atom is 0.153 e. The minimum Gasteiger partial charge on any atom is -0.389 e. The SMILES string of the molecule is Cc1cc(-c2nc(-n3cnc4cc(Nc5ccc(C)nn5)ccc43)ccc2C(C)O)cnn1. The summed E-state index contributed by atoms with van der Waals surface area (Å²) in [7, 11) is 0. The van der Waals surface area contributed by atoms with Crippen LogP contribution < -0.4 is 5.32 Å². The standard InChI is InChI=1S/C24H22N8O/c1-14-4-8-22(31-30-14)27-18-5-7-21-20(11-18)25-13-32(21)23-9-6-19(16(3)33)24(28-23)17-10-15(2)29-26-12-17/h4-13,16,33H,1-3H3,(H,27,31). The quantitative estimate of drug-likeness (QED) is 0.422. The van der Waals surface area contributed by atoms with E-state index in [0.717, 1.165) is 39.2 Å². The van der Waals surface area contributed by atoms with Gasteiger partial charge in [0.15, 0.2) is 5.82 Å². The maximum atomic E-state index is 10.3. The molecule has 0 aliphatic carbocycles. The van der Waals surface area contributed by atoms with Crippen LogP contribution in [-0.2, 0) is 0 Å². The molecule has 4 heterocycles. The zero-order chi connectivity index (χ0) is 22.9. The number of nitrogens with zero attached hydrogens (tertiary/aromatic N) is 7. The van der Waals surface area contributed by atoms with Crippen molar-refractivity contribution >= 4 is 22.5 Å². The number of fused-ring (bicyclic) bond motifs is 1. The molecule has 4 aromatic heterocycles. The number of aromatic nitrogens is 7. The van der Waals surface area contributed by atoms with E-state index in [4.69, 9.17) is 4.98 Å². The predicted octanol–water partition coefficient (Wildman–Crippen LogP) is 4.08. The second-order valence-electron chi connectivity index (χ2n) is 7.87. The van der Waals surface area contributed by atoms with Crippen molar-refractivity contribution in [1.82, 2.24) is 34.9 Å².